The maximum absolute atomic E-state index is 6.45. The first kappa shape index (κ1) is 12.3. The SMILES string of the molecule is Clc1nc(C23CC4CC(CC(C4)C2)C3)nc2c1CSC2. The van der Waals surface area contributed by atoms with Gasteiger partial charge in [0.25, 0.3) is 0 Å². The molecule has 0 aromatic carbocycles. The Kier molecular flexibility index (Phi) is 2.54. The van der Waals surface area contributed by atoms with Gasteiger partial charge in [0.2, 0.25) is 0 Å². The average molecular weight is 307 g/mol. The predicted octanol–water partition coefficient (Wildman–Crippen LogP) is 4.34. The van der Waals surface area contributed by atoms with Crippen LogP contribution in [0.3, 0.4) is 0 Å². The Morgan fingerprint density at radius 2 is 1.60 bits per heavy atom. The fourth-order valence-corrected chi connectivity index (χ4v) is 7.01. The van der Waals surface area contributed by atoms with E-state index >= 15 is 0 Å². The van der Waals surface area contributed by atoms with Crippen LogP contribution in [0.4, 0.5) is 0 Å². The Hall–Kier alpha value is -0.280. The Morgan fingerprint density at radius 3 is 2.25 bits per heavy atom. The van der Waals surface area contributed by atoms with Crippen LogP contribution in [0.1, 0.15) is 55.6 Å². The molecule has 4 bridgehead atoms. The molecule has 1 aromatic heterocycles. The van der Waals surface area contributed by atoms with Crippen molar-refractivity contribution in [3.63, 3.8) is 0 Å². The van der Waals surface area contributed by atoms with E-state index in [1.165, 1.54) is 49.8 Å². The van der Waals surface area contributed by atoms with Gasteiger partial charge in [0.15, 0.2) is 0 Å². The van der Waals surface area contributed by atoms with E-state index < -0.39 is 0 Å². The molecule has 0 radical (unpaired) electrons. The van der Waals surface area contributed by atoms with Crippen LogP contribution in [0.15, 0.2) is 0 Å². The third-order valence-electron chi connectivity index (χ3n) is 6.04. The van der Waals surface area contributed by atoms with Crippen LogP contribution < -0.4 is 0 Å². The van der Waals surface area contributed by atoms with Crippen molar-refractivity contribution in [1.29, 1.82) is 0 Å². The largest absolute Gasteiger partial charge is 0.236 e. The van der Waals surface area contributed by atoms with Gasteiger partial charge in [0.1, 0.15) is 11.0 Å². The van der Waals surface area contributed by atoms with Crippen molar-refractivity contribution < 1.29 is 0 Å². The summed E-state index contributed by atoms with van der Waals surface area (Å²) < 4.78 is 0. The molecule has 4 saturated carbocycles. The molecule has 0 N–H and O–H groups in total. The number of hydrogen-bond donors (Lipinski definition) is 0. The molecule has 0 spiro atoms. The van der Waals surface area contributed by atoms with Crippen LogP contribution in [0.2, 0.25) is 5.15 Å². The zero-order valence-electron chi connectivity index (χ0n) is 11.6. The molecule has 1 aromatic rings. The van der Waals surface area contributed by atoms with Crippen molar-refractivity contribution in [2.75, 3.05) is 0 Å². The highest BCUT2D eigenvalue weighted by molar-refractivity contribution is 7.98. The summed E-state index contributed by atoms with van der Waals surface area (Å²) in [6, 6.07) is 0. The smallest absolute Gasteiger partial charge is 0.137 e. The summed E-state index contributed by atoms with van der Waals surface area (Å²) in [5, 5.41) is 0.741. The molecule has 6 rings (SSSR count). The summed E-state index contributed by atoms with van der Waals surface area (Å²) in [4.78, 5) is 9.76. The molecule has 106 valence electrons. The Balaban J connectivity index is 1.61. The van der Waals surface area contributed by atoms with Crippen molar-refractivity contribution in [3.05, 3.63) is 22.2 Å². The average Bonchev–Trinajstić information content (AvgIpc) is 2.86. The highest BCUT2D eigenvalue weighted by Gasteiger charge is 2.53. The van der Waals surface area contributed by atoms with Gasteiger partial charge in [0.05, 0.1) is 5.69 Å². The fraction of sp³-hybridized carbons (Fsp3) is 0.750. The first-order valence-electron chi connectivity index (χ1n) is 7.85. The molecule has 2 nitrogen and oxygen atoms in total. The number of nitrogens with zero attached hydrogens (tertiary/aromatic N) is 2. The first-order chi connectivity index (χ1) is 9.72. The molecule has 4 heteroatoms. The van der Waals surface area contributed by atoms with Gasteiger partial charge in [-0.15, -0.1) is 0 Å². The summed E-state index contributed by atoms with van der Waals surface area (Å²) in [5.41, 5.74) is 2.70. The molecule has 1 aliphatic heterocycles. The van der Waals surface area contributed by atoms with Crippen molar-refractivity contribution >= 4 is 23.4 Å². The van der Waals surface area contributed by atoms with Gasteiger partial charge in [-0.25, -0.2) is 9.97 Å². The molecule has 0 unspecified atom stereocenters. The van der Waals surface area contributed by atoms with Gasteiger partial charge in [-0.3, -0.25) is 0 Å². The number of hydrogen-bond acceptors (Lipinski definition) is 3. The number of fused-ring (bicyclic) bond motifs is 1. The highest BCUT2D eigenvalue weighted by atomic mass is 35.5. The highest BCUT2D eigenvalue weighted by Crippen LogP contribution is 2.60. The lowest BCUT2D eigenvalue weighted by atomic mass is 9.49. The second kappa shape index (κ2) is 4.13. The van der Waals surface area contributed by atoms with Crippen molar-refractivity contribution in [1.82, 2.24) is 9.97 Å². The summed E-state index contributed by atoms with van der Waals surface area (Å²) in [5.74, 6) is 5.93. The maximum Gasteiger partial charge on any atom is 0.137 e. The maximum atomic E-state index is 6.45. The lowest BCUT2D eigenvalue weighted by Crippen LogP contribution is -2.49. The van der Waals surface area contributed by atoms with Crippen LogP contribution in [0, 0.1) is 17.8 Å². The van der Waals surface area contributed by atoms with Gasteiger partial charge in [-0.05, 0) is 56.3 Å². The minimum absolute atomic E-state index is 0.278. The molecule has 0 atom stereocenters. The first-order valence-corrected chi connectivity index (χ1v) is 9.39. The van der Waals surface area contributed by atoms with Gasteiger partial charge < -0.3 is 0 Å². The minimum Gasteiger partial charge on any atom is -0.236 e. The number of thioether (sulfide) groups is 1. The molecule has 4 aliphatic carbocycles. The van der Waals surface area contributed by atoms with Crippen molar-refractivity contribution in [3.8, 4) is 0 Å². The summed E-state index contributed by atoms with van der Waals surface area (Å²) >= 11 is 8.37. The number of halogens is 1. The molecular weight excluding hydrogens is 288 g/mol. The van der Waals surface area contributed by atoms with E-state index in [2.05, 4.69) is 0 Å². The van der Waals surface area contributed by atoms with E-state index in [9.17, 15) is 0 Å². The van der Waals surface area contributed by atoms with Crippen LogP contribution in [0.25, 0.3) is 0 Å². The Morgan fingerprint density at radius 1 is 0.950 bits per heavy atom. The zero-order valence-corrected chi connectivity index (χ0v) is 13.1. The number of aromatic nitrogens is 2. The van der Waals surface area contributed by atoms with E-state index in [1.54, 1.807) is 0 Å². The Labute approximate surface area is 129 Å². The molecule has 0 amide bonds. The summed E-state index contributed by atoms with van der Waals surface area (Å²) in [7, 11) is 0. The Bertz CT molecular complexity index is 551. The second-order valence-electron chi connectivity index (χ2n) is 7.45. The van der Waals surface area contributed by atoms with Gasteiger partial charge in [-0.2, -0.15) is 11.8 Å². The fourth-order valence-electron chi connectivity index (χ4n) is 5.63. The van der Waals surface area contributed by atoms with Gasteiger partial charge in [0, 0.05) is 22.5 Å². The minimum atomic E-state index is 0.278. The molecule has 4 fully saturated rings. The molecule has 20 heavy (non-hydrogen) atoms. The third kappa shape index (κ3) is 1.65. The standard InChI is InChI=1S/C16H19ClN2S/c17-14-12-7-20-8-13(12)18-15(19-14)16-4-9-1-10(5-16)3-11(2-9)6-16/h9-11H,1-8H2. The van der Waals surface area contributed by atoms with Crippen molar-refractivity contribution in [2.24, 2.45) is 17.8 Å². The second-order valence-corrected chi connectivity index (χ2v) is 8.80. The third-order valence-corrected chi connectivity index (χ3v) is 7.32. The van der Waals surface area contributed by atoms with Crippen LogP contribution in [-0.4, -0.2) is 9.97 Å². The normalized spacial score (nSPS) is 41.1. The summed E-state index contributed by atoms with van der Waals surface area (Å²) in [6.45, 7) is 0. The predicted molar refractivity (Wildman–Crippen MR) is 81.9 cm³/mol. The van der Waals surface area contributed by atoms with Crippen LogP contribution in [0.5, 0.6) is 0 Å². The lowest BCUT2D eigenvalue weighted by Gasteiger charge is -2.56. The van der Waals surface area contributed by atoms with E-state index in [-0.39, 0.29) is 5.41 Å². The molecule has 0 saturated heterocycles. The van der Waals surface area contributed by atoms with E-state index in [0.717, 1.165) is 40.2 Å². The monoisotopic (exact) mass is 306 g/mol. The summed E-state index contributed by atoms with van der Waals surface area (Å²) in [6.07, 6.45) is 8.36. The van der Waals surface area contributed by atoms with Crippen molar-refractivity contribution in [2.45, 2.75) is 55.4 Å². The molecule has 2 heterocycles. The van der Waals surface area contributed by atoms with E-state index in [4.69, 9.17) is 21.6 Å². The molecule has 5 aliphatic rings. The van der Waals surface area contributed by atoms with E-state index in [0.29, 0.717) is 0 Å². The van der Waals surface area contributed by atoms with Gasteiger partial charge >= 0.3 is 0 Å². The quantitative estimate of drug-likeness (QED) is 0.722. The molecular formula is C16H19ClN2S. The zero-order chi connectivity index (χ0) is 13.3. The number of rotatable bonds is 1. The lowest BCUT2D eigenvalue weighted by molar-refractivity contribution is -0.00948. The van der Waals surface area contributed by atoms with Crippen LogP contribution >= 0.6 is 23.4 Å². The van der Waals surface area contributed by atoms with E-state index in [1.807, 2.05) is 11.8 Å². The topological polar surface area (TPSA) is 25.8 Å². The van der Waals surface area contributed by atoms with Crippen LogP contribution in [-0.2, 0) is 16.9 Å². The van der Waals surface area contributed by atoms with Gasteiger partial charge in [-0.1, -0.05) is 11.6 Å².